The molecule has 0 aromatic rings. The van der Waals surface area contributed by atoms with E-state index in [1.165, 1.54) is 7.11 Å². The number of likely N-dealkylation sites (N-methyl/N-ethyl adjacent to an activating group) is 1. The van der Waals surface area contributed by atoms with Crippen LogP contribution in [0.2, 0.25) is 0 Å². The number of carboxylic acid groups (broad SMARTS) is 1. The minimum Gasteiger partial charge on any atom is -0.480 e. The fourth-order valence-electron chi connectivity index (χ4n) is 2.08. The number of nitrogens with zero attached hydrogens (tertiary/aromatic N) is 2. The fourth-order valence-corrected chi connectivity index (χ4v) is 2.08. The van der Waals surface area contributed by atoms with E-state index in [2.05, 4.69) is 18.9 Å². The molecule has 0 aliphatic carbocycles. The predicted molar refractivity (Wildman–Crippen MR) is 71.5 cm³/mol. The van der Waals surface area contributed by atoms with Gasteiger partial charge in [0.15, 0.2) is 0 Å². The monoisotopic (exact) mass is 288 g/mol. The van der Waals surface area contributed by atoms with Crippen molar-refractivity contribution >= 4 is 30.8 Å². The van der Waals surface area contributed by atoms with E-state index in [9.17, 15) is 4.79 Å². The third-order valence-electron chi connectivity index (χ3n) is 2.89. The summed E-state index contributed by atoms with van der Waals surface area (Å²) in [6.07, 6.45) is 0. The lowest BCUT2D eigenvalue weighted by atomic mass is 10.1. The molecule has 2 atom stereocenters. The number of methoxy groups -OCH3 is 1. The Morgan fingerprint density at radius 3 is 2.47 bits per heavy atom. The van der Waals surface area contributed by atoms with Crippen molar-refractivity contribution in [2.75, 3.05) is 40.4 Å². The van der Waals surface area contributed by atoms with E-state index < -0.39 is 12.0 Å². The van der Waals surface area contributed by atoms with Crippen LogP contribution in [-0.2, 0) is 9.53 Å². The van der Waals surface area contributed by atoms with Crippen molar-refractivity contribution in [1.29, 1.82) is 0 Å². The molecule has 0 radical (unpaired) electrons. The van der Waals surface area contributed by atoms with E-state index in [0.29, 0.717) is 0 Å². The van der Waals surface area contributed by atoms with Gasteiger partial charge in [-0.2, -0.15) is 0 Å². The number of halogens is 2. The zero-order valence-corrected chi connectivity index (χ0v) is 12.1. The molecule has 0 saturated carbocycles. The molecule has 0 aromatic carbocycles. The molecule has 0 aromatic heterocycles. The van der Waals surface area contributed by atoms with E-state index in [1.807, 2.05) is 4.90 Å². The summed E-state index contributed by atoms with van der Waals surface area (Å²) in [6.45, 7) is 4.92. The van der Waals surface area contributed by atoms with Gasteiger partial charge < -0.3 is 14.7 Å². The SMILES string of the molecule is COCC(C(=O)O)N1CCN(C)CC1C.Cl.Cl. The molecule has 1 saturated heterocycles. The number of hydrogen-bond acceptors (Lipinski definition) is 4. The van der Waals surface area contributed by atoms with Crippen molar-refractivity contribution < 1.29 is 14.6 Å². The molecule has 1 N–H and O–H groups in total. The highest BCUT2D eigenvalue weighted by Gasteiger charge is 2.32. The summed E-state index contributed by atoms with van der Waals surface area (Å²) in [4.78, 5) is 15.3. The maximum atomic E-state index is 11.1. The van der Waals surface area contributed by atoms with Crippen LogP contribution in [-0.4, -0.2) is 73.4 Å². The fraction of sp³-hybridized carbons (Fsp3) is 0.900. The predicted octanol–water partition coefficient (Wildman–Crippen LogP) is 0.565. The van der Waals surface area contributed by atoms with Gasteiger partial charge in [0, 0.05) is 32.8 Å². The number of aliphatic carboxylic acids is 1. The van der Waals surface area contributed by atoms with Crippen LogP contribution < -0.4 is 0 Å². The van der Waals surface area contributed by atoms with Gasteiger partial charge in [0.1, 0.15) is 6.04 Å². The Hall–Kier alpha value is -0.0700. The van der Waals surface area contributed by atoms with Crippen LogP contribution in [0.25, 0.3) is 0 Å². The first-order valence-corrected chi connectivity index (χ1v) is 5.22. The Balaban J connectivity index is 0. The first-order valence-electron chi connectivity index (χ1n) is 5.22. The second-order valence-corrected chi connectivity index (χ2v) is 4.16. The number of rotatable bonds is 4. The van der Waals surface area contributed by atoms with Crippen LogP contribution in [0.4, 0.5) is 0 Å². The second kappa shape index (κ2) is 8.94. The molecule has 1 rings (SSSR count). The van der Waals surface area contributed by atoms with Crippen molar-refractivity contribution in [3.63, 3.8) is 0 Å². The molecule has 104 valence electrons. The molecule has 5 nitrogen and oxygen atoms in total. The van der Waals surface area contributed by atoms with Crippen molar-refractivity contribution in [3.05, 3.63) is 0 Å². The van der Waals surface area contributed by atoms with Crippen LogP contribution in [0, 0.1) is 0 Å². The molecule has 7 heteroatoms. The molecule has 0 bridgehead atoms. The Morgan fingerprint density at radius 1 is 1.47 bits per heavy atom. The Labute approximate surface area is 115 Å². The lowest BCUT2D eigenvalue weighted by Crippen LogP contribution is -2.57. The van der Waals surface area contributed by atoms with Gasteiger partial charge in [-0.25, -0.2) is 0 Å². The largest absolute Gasteiger partial charge is 0.480 e. The average Bonchev–Trinajstić information content (AvgIpc) is 2.15. The molecule has 0 amide bonds. The van der Waals surface area contributed by atoms with E-state index in [-0.39, 0.29) is 37.5 Å². The molecule has 1 fully saturated rings. The summed E-state index contributed by atoms with van der Waals surface area (Å²) in [5.74, 6) is -0.798. The average molecular weight is 289 g/mol. The van der Waals surface area contributed by atoms with E-state index in [1.54, 1.807) is 0 Å². The van der Waals surface area contributed by atoms with E-state index in [0.717, 1.165) is 19.6 Å². The van der Waals surface area contributed by atoms with E-state index in [4.69, 9.17) is 9.84 Å². The standard InChI is InChI=1S/C10H20N2O3.2ClH/c1-8-6-11(2)4-5-12(8)9(7-15-3)10(13)14;;/h8-9H,4-7H2,1-3H3,(H,13,14);2*1H. The summed E-state index contributed by atoms with van der Waals surface area (Å²) in [7, 11) is 3.59. The number of hydrogen-bond donors (Lipinski definition) is 1. The number of carbonyl (C=O) groups is 1. The lowest BCUT2D eigenvalue weighted by Gasteiger charge is -2.41. The highest BCUT2D eigenvalue weighted by molar-refractivity contribution is 5.85. The lowest BCUT2D eigenvalue weighted by molar-refractivity contribution is -0.147. The molecule has 1 heterocycles. The first-order chi connectivity index (χ1) is 7.06. The minimum atomic E-state index is -0.798. The van der Waals surface area contributed by atoms with Gasteiger partial charge in [0.05, 0.1) is 6.61 Å². The van der Waals surface area contributed by atoms with Gasteiger partial charge in [-0.1, -0.05) is 0 Å². The summed E-state index contributed by atoms with van der Waals surface area (Å²) in [5, 5.41) is 9.11. The normalized spacial score (nSPS) is 23.4. The topological polar surface area (TPSA) is 53.0 Å². The van der Waals surface area contributed by atoms with Gasteiger partial charge in [-0.15, -0.1) is 24.8 Å². The van der Waals surface area contributed by atoms with Crippen LogP contribution >= 0.6 is 24.8 Å². The van der Waals surface area contributed by atoms with Crippen LogP contribution in [0.1, 0.15) is 6.92 Å². The van der Waals surface area contributed by atoms with E-state index >= 15 is 0 Å². The van der Waals surface area contributed by atoms with Gasteiger partial charge in [-0.3, -0.25) is 9.69 Å². The summed E-state index contributed by atoms with van der Waals surface area (Å²) >= 11 is 0. The highest BCUT2D eigenvalue weighted by Crippen LogP contribution is 2.12. The maximum Gasteiger partial charge on any atom is 0.323 e. The number of piperazine rings is 1. The zero-order chi connectivity index (χ0) is 11.4. The summed E-state index contributed by atoms with van der Waals surface area (Å²) in [6, 6.07) is -0.251. The van der Waals surface area contributed by atoms with Crippen LogP contribution in [0.5, 0.6) is 0 Å². The van der Waals surface area contributed by atoms with Crippen molar-refractivity contribution in [2.45, 2.75) is 19.0 Å². The smallest absolute Gasteiger partial charge is 0.323 e. The molecule has 2 unspecified atom stereocenters. The second-order valence-electron chi connectivity index (χ2n) is 4.16. The molecular formula is C10H22Cl2N2O3. The van der Waals surface area contributed by atoms with Gasteiger partial charge in [-0.05, 0) is 14.0 Å². The Kier molecular flexibility index (Phi) is 10.1. The molecule has 17 heavy (non-hydrogen) atoms. The van der Waals surface area contributed by atoms with Gasteiger partial charge >= 0.3 is 5.97 Å². The highest BCUT2D eigenvalue weighted by atomic mass is 35.5. The third-order valence-corrected chi connectivity index (χ3v) is 2.89. The van der Waals surface area contributed by atoms with Gasteiger partial charge in [0.25, 0.3) is 0 Å². The van der Waals surface area contributed by atoms with Crippen molar-refractivity contribution in [3.8, 4) is 0 Å². The Bertz CT molecular complexity index is 232. The van der Waals surface area contributed by atoms with Crippen LogP contribution in [0.3, 0.4) is 0 Å². The summed E-state index contributed by atoms with van der Waals surface area (Å²) in [5.41, 5.74) is 0. The molecular weight excluding hydrogens is 267 g/mol. The summed E-state index contributed by atoms with van der Waals surface area (Å²) < 4.78 is 4.96. The molecule has 1 aliphatic heterocycles. The maximum absolute atomic E-state index is 11.1. The van der Waals surface area contributed by atoms with Crippen molar-refractivity contribution in [2.24, 2.45) is 0 Å². The van der Waals surface area contributed by atoms with Crippen molar-refractivity contribution in [1.82, 2.24) is 9.80 Å². The Morgan fingerprint density at radius 2 is 2.06 bits per heavy atom. The first kappa shape index (κ1) is 19.3. The number of ether oxygens (including phenoxy) is 1. The van der Waals surface area contributed by atoms with Crippen LogP contribution in [0.15, 0.2) is 0 Å². The molecule has 1 aliphatic rings. The minimum absolute atomic E-state index is 0. The molecule has 0 spiro atoms. The number of carboxylic acids is 1. The third kappa shape index (κ3) is 5.40. The quantitative estimate of drug-likeness (QED) is 0.820. The van der Waals surface area contributed by atoms with Gasteiger partial charge in [0.2, 0.25) is 0 Å². The zero-order valence-electron chi connectivity index (χ0n) is 10.5.